The molecule has 2 aromatic rings. The molecule has 2 N–H and O–H groups in total. The monoisotopic (exact) mass is 287 g/mol. The molecule has 0 saturated carbocycles. The van der Waals surface area contributed by atoms with Crippen LogP contribution in [0.1, 0.15) is 11.1 Å². The number of hydrogen-bond acceptors (Lipinski definition) is 5. The Balaban J connectivity index is 2.10. The Morgan fingerprint density at radius 3 is 2.67 bits per heavy atom. The van der Waals surface area contributed by atoms with E-state index >= 15 is 0 Å². The van der Waals surface area contributed by atoms with Crippen LogP contribution in [0.3, 0.4) is 0 Å². The number of nitrogens with zero attached hydrogens (tertiary/aromatic N) is 2. The molecule has 0 aliphatic heterocycles. The standard InChI is InChI=1S/C15H17N3O3/c1-11-7-14(18(20)21)9-16-15(11)17-13(10-19)8-12-5-3-2-4-6-12/h2-7,9,13,19H,8,10H2,1H3,(H,16,17). The molecule has 0 spiro atoms. The summed E-state index contributed by atoms with van der Waals surface area (Å²) < 4.78 is 0. The van der Waals surface area contributed by atoms with Crippen molar-refractivity contribution in [3.63, 3.8) is 0 Å². The molecule has 21 heavy (non-hydrogen) atoms. The van der Waals surface area contributed by atoms with Crippen LogP contribution in [0.25, 0.3) is 0 Å². The molecule has 0 aliphatic rings. The van der Waals surface area contributed by atoms with E-state index in [1.54, 1.807) is 6.92 Å². The van der Waals surface area contributed by atoms with Gasteiger partial charge in [0.25, 0.3) is 5.69 Å². The van der Waals surface area contributed by atoms with Crippen molar-refractivity contribution in [3.8, 4) is 0 Å². The Hall–Kier alpha value is -2.47. The van der Waals surface area contributed by atoms with Crippen LogP contribution in [0, 0.1) is 17.0 Å². The second-order valence-electron chi connectivity index (χ2n) is 4.83. The van der Waals surface area contributed by atoms with Gasteiger partial charge in [-0.05, 0) is 24.5 Å². The molecule has 6 heteroatoms. The van der Waals surface area contributed by atoms with Crippen molar-refractivity contribution in [2.75, 3.05) is 11.9 Å². The normalized spacial score (nSPS) is 11.9. The van der Waals surface area contributed by atoms with E-state index in [9.17, 15) is 15.2 Å². The lowest BCUT2D eigenvalue weighted by Gasteiger charge is -2.18. The molecule has 1 aromatic heterocycles. The Labute approximate surface area is 122 Å². The molecule has 0 saturated heterocycles. The number of rotatable bonds is 6. The summed E-state index contributed by atoms with van der Waals surface area (Å²) in [6.07, 6.45) is 1.86. The van der Waals surface area contributed by atoms with E-state index in [2.05, 4.69) is 10.3 Å². The number of nitrogens with one attached hydrogen (secondary N) is 1. The maximum absolute atomic E-state index is 10.7. The minimum Gasteiger partial charge on any atom is -0.394 e. The predicted molar refractivity (Wildman–Crippen MR) is 80.3 cm³/mol. The molecule has 0 fully saturated rings. The van der Waals surface area contributed by atoms with Gasteiger partial charge in [-0.15, -0.1) is 0 Å². The number of aryl methyl sites for hydroxylation is 1. The van der Waals surface area contributed by atoms with Gasteiger partial charge < -0.3 is 10.4 Å². The van der Waals surface area contributed by atoms with Crippen LogP contribution >= 0.6 is 0 Å². The van der Waals surface area contributed by atoms with Gasteiger partial charge in [-0.25, -0.2) is 4.98 Å². The van der Waals surface area contributed by atoms with E-state index in [4.69, 9.17) is 0 Å². The van der Waals surface area contributed by atoms with Gasteiger partial charge in [-0.2, -0.15) is 0 Å². The quantitative estimate of drug-likeness (QED) is 0.628. The fraction of sp³-hybridized carbons (Fsp3) is 0.267. The average molecular weight is 287 g/mol. The Kier molecular flexibility index (Phi) is 4.84. The van der Waals surface area contributed by atoms with Crippen LogP contribution in [0.2, 0.25) is 0 Å². The molecule has 6 nitrogen and oxygen atoms in total. The molecular weight excluding hydrogens is 270 g/mol. The van der Waals surface area contributed by atoms with Crippen molar-refractivity contribution < 1.29 is 10.0 Å². The number of aliphatic hydroxyl groups is 1. The zero-order chi connectivity index (χ0) is 15.2. The SMILES string of the molecule is Cc1cc([N+](=O)[O-])cnc1NC(CO)Cc1ccccc1. The number of aliphatic hydroxyl groups excluding tert-OH is 1. The van der Waals surface area contributed by atoms with Gasteiger partial charge in [0.15, 0.2) is 0 Å². The third kappa shape index (κ3) is 4.00. The molecular formula is C15H17N3O3. The lowest BCUT2D eigenvalue weighted by Crippen LogP contribution is -2.27. The lowest BCUT2D eigenvalue weighted by atomic mass is 10.1. The highest BCUT2D eigenvalue weighted by Gasteiger charge is 2.13. The molecule has 0 aliphatic carbocycles. The van der Waals surface area contributed by atoms with Crippen LogP contribution in [0.15, 0.2) is 42.6 Å². The lowest BCUT2D eigenvalue weighted by molar-refractivity contribution is -0.385. The number of anilines is 1. The second-order valence-corrected chi connectivity index (χ2v) is 4.83. The van der Waals surface area contributed by atoms with Gasteiger partial charge in [0.2, 0.25) is 0 Å². The van der Waals surface area contributed by atoms with Crippen LogP contribution in [0.4, 0.5) is 11.5 Å². The van der Waals surface area contributed by atoms with E-state index in [0.717, 1.165) is 5.56 Å². The molecule has 1 aromatic carbocycles. The van der Waals surface area contributed by atoms with E-state index < -0.39 is 4.92 Å². The van der Waals surface area contributed by atoms with Gasteiger partial charge in [-0.3, -0.25) is 10.1 Å². The number of pyridine rings is 1. The summed E-state index contributed by atoms with van der Waals surface area (Å²) in [5.74, 6) is 0.551. The number of aromatic nitrogens is 1. The number of benzene rings is 1. The molecule has 0 amide bonds. The van der Waals surface area contributed by atoms with Crippen LogP contribution < -0.4 is 5.32 Å². The highest BCUT2D eigenvalue weighted by molar-refractivity contribution is 5.49. The van der Waals surface area contributed by atoms with Crippen molar-refractivity contribution >= 4 is 11.5 Å². The van der Waals surface area contributed by atoms with Crippen molar-refractivity contribution in [1.29, 1.82) is 0 Å². The third-order valence-electron chi connectivity index (χ3n) is 3.16. The highest BCUT2D eigenvalue weighted by atomic mass is 16.6. The van der Waals surface area contributed by atoms with Crippen LogP contribution in [0.5, 0.6) is 0 Å². The Morgan fingerprint density at radius 2 is 2.10 bits per heavy atom. The maximum Gasteiger partial charge on any atom is 0.287 e. The van der Waals surface area contributed by atoms with Crippen LogP contribution in [-0.4, -0.2) is 27.7 Å². The first-order valence-electron chi connectivity index (χ1n) is 6.62. The van der Waals surface area contributed by atoms with Gasteiger partial charge in [0.05, 0.1) is 17.6 Å². The highest BCUT2D eigenvalue weighted by Crippen LogP contribution is 2.19. The zero-order valence-corrected chi connectivity index (χ0v) is 11.7. The van der Waals surface area contributed by atoms with Gasteiger partial charge in [-0.1, -0.05) is 30.3 Å². The zero-order valence-electron chi connectivity index (χ0n) is 11.7. The molecule has 1 atom stereocenters. The summed E-state index contributed by atoms with van der Waals surface area (Å²) >= 11 is 0. The van der Waals surface area contributed by atoms with Crippen molar-refractivity contribution in [1.82, 2.24) is 4.98 Å². The van der Waals surface area contributed by atoms with E-state index in [1.165, 1.54) is 12.3 Å². The summed E-state index contributed by atoms with van der Waals surface area (Å²) in [4.78, 5) is 14.3. The summed E-state index contributed by atoms with van der Waals surface area (Å²) in [6, 6.07) is 11.1. The molecule has 2 rings (SSSR count). The largest absolute Gasteiger partial charge is 0.394 e. The minimum absolute atomic E-state index is 0.0401. The summed E-state index contributed by atoms with van der Waals surface area (Å²) in [7, 11) is 0. The molecule has 110 valence electrons. The summed E-state index contributed by atoms with van der Waals surface area (Å²) in [6.45, 7) is 1.70. The molecule has 0 bridgehead atoms. The molecule has 0 radical (unpaired) electrons. The van der Waals surface area contributed by atoms with Gasteiger partial charge in [0.1, 0.15) is 12.0 Å². The summed E-state index contributed by atoms with van der Waals surface area (Å²) in [5.41, 5.74) is 1.74. The molecule has 1 unspecified atom stereocenters. The minimum atomic E-state index is -0.475. The maximum atomic E-state index is 10.7. The van der Waals surface area contributed by atoms with E-state index in [0.29, 0.717) is 17.8 Å². The number of hydrogen-bond donors (Lipinski definition) is 2. The Bertz CT molecular complexity index is 617. The number of nitro groups is 1. The van der Waals surface area contributed by atoms with Crippen molar-refractivity contribution in [2.45, 2.75) is 19.4 Å². The second kappa shape index (κ2) is 6.81. The first-order chi connectivity index (χ1) is 10.1. The molecule has 1 heterocycles. The first kappa shape index (κ1) is 14.9. The fourth-order valence-corrected chi connectivity index (χ4v) is 2.06. The van der Waals surface area contributed by atoms with Gasteiger partial charge >= 0.3 is 0 Å². The van der Waals surface area contributed by atoms with Crippen molar-refractivity contribution in [2.24, 2.45) is 0 Å². The first-order valence-corrected chi connectivity index (χ1v) is 6.62. The van der Waals surface area contributed by atoms with E-state index in [1.807, 2.05) is 30.3 Å². The van der Waals surface area contributed by atoms with Crippen molar-refractivity contribution in [3.05, 3.63) is 63.8 Å². The topological polar surface area (TPSA) is 88.3 Å². The van der Waals surface area contributed by atoms with Gasteiger partial charge in [0, 0.05) is 6.07 Å². The average Bonchev–Trinajstić information content (AvgIpc) is 2.49. The fourth-order valence-electron chi connectivity index (χ4n) is 2.06. The van der Waals surface area contributed by atoms with E-state index in [-0.39, 0.29) is 18.3 Å². The third-order valence-corrected chi connectivity index (χ3v) is 3.16. The van der Waals surface area contributed by atoms with Crippen LogP contribution in [-0.2, 0) is 6.42 Å². The predicted octanol–water partition coefficient (Wildman–Crippen LogP) is 2.31. The summed E-state index contributed by atoms with van der Waals surface area (Å²) in [5, 5.41) is 23.3. The smallest absolute Gasteiger partial charge is 0.287 e. The Morgan fingerprint density at radius 1 is 1.38 bits per heavy atom.